The topological polar surface area (TPSA) is 12.4 Å². The molecule has 0 aromatic heterocycles. The number of hydrogen-bond donors (Lipinski definition) is 0. The fourth-order valence-electron chi connectivity index (χ4n) is 0.599. The van der Waals surface area contributed by atoms with Gasteiger partial charge in [-0.2, -0.15) is 0 Å². The average molecular weight is 137 g/mol. The van der Waals surface area contributed by atoms with Crippen molar-refractivity contribution in [3.8, 4) is 0 Å². The van der Waals surface area contributed by atoms with Gasteiger partial charge in [-0.05, 0) is 33.3 Å². The molecule has 0 aliphatic heterocycles. The van der Waals surface area contributed by atoms with Crippen LogP contribution in [0.3, 0.4) is 0 Å². The number of allylic oxidation sites excluding steroid dienone is 3. The lowest BCUT2D eigenvalue weighted by Gasteiger charge is -2.00. The summed E-state index contributed by atoms with van der Waals surface area (Å²) in [6.07, 6.45) is 1.79. The summed E-state index contributed by atoms with van der Waals surface area (Å²) in [7, 11) is 0. The van der Waals surface area contributed by atoms with Crippen LogP contribution < -0.4 is 0 Å². The van der Waals surface area contributed by atoms with Gasteiger partial charge in [0.25, 0.3) is 0 Å². The van der Waals surface area contributed by atoms with Crippen molar-refractivity contribution in [1.29, 1.82) is 0 Å². The van der Waals surface area contributed by atoms with Crippen LogP contribution in [0.25, 0.3) is 0 Å². The summed E-state index contributed by atoms with van der Waals surface area (Å²) in [4.78, 5) is 4.14. The van der Waals surface area contributed by atoms with Gasteiger partial charge in [0.1, 0.15) is 0 Å². The molecule has 0 saturated carbocycles. The molecule has 0 fully saturated rings. The standard InChI is InChI=1S/C9H15N/c1-6-10-9(5)8(4)7(2)3/h6H,2H2,1,3-5H3/b9-8-,10-6?. The molecule has 0 atom stereocenters. The summed E-state index contributed by atoms with van der Waals surface area (Å²) in [5, 5.41) is 0. The Morgan fingerprint density at radius 2 is 1.80 bits per heavy atom. The molecule has 56 valence electrons. The summed E-state index contributed by atoms with van der Waals surface area (Å²) in [5.74, 6) is 0. The molecule has 0 aromatic rings. The van der Waals surface area contributed by atoms with E-state index in [0.29, 0.717) is 0 Å². The van der Waals surface area contributed by atoms with E-state index in [0.717, 1.165) is 11.3 Å². The van der Waals surface area contributed by atoms with Gasteiger partial charge in [0.2, 0.25) is 0 Å². The van der Waals surface area contributed by atoms with E-state index < -0.39 is 0 Å². The number of aliphatic imine (C=N–C) groups is 1. The Bertz CT molecular complexity index is 185. The van der Waals surface area contributed by atoms with Gasteiger partial charge in [-0.15, -0.1) is 0 Å². The van der Waals surface area contributed by atoms with Crippen LogP contribution in [-0.2, 0) is 0 Å². The van der Waals surface area contributed by atoms with Crippen molar-refractivity contribution in [2.45, 2.75) is 27.7 Å². The van der Waals surface area contributed by atoms with Crippen molar-refractivity contribution in [3.63, 3.8) is 0 Å². The van der Waals surface area contributed by atoms with E-state index in [1.807, 2.05) is 27.7 Å². The van der Waals surface area contributed by atoms with E-state index in [1.165, 1.54) is 5.57 Å². The van der Waals surface area contributed by atoms with Gasteiger partial charge in [-0.1, -0.05) is 12.2 Å². The Morgan fingerprint density at radius 3 is 2.10 bits per heavy atom. The maximum Gasteiger partial charge on any atom is 0.0400 e. The van der Waals surface area contributed by atoms with E-state index >= 15 is 0 Å². The first-order valence-electron chi connectivity index (χ1n) is 3.41. The summed E-state index contributed by atoms with van der Waals surface area (Å²) in [6, 6.07) is 0. The maximum atomic E-state index is 4.14. The van der Waals surface area contributed by atoms with E-state index in [-0.39, 0.29) is 0 Å². The highest BCUT2D eigenvalue weighted by Gasteiger charge is 1.92. The van der Waals surface area contributed by atoms with Gasteiger partial charge in [0.15, 0.2) is 0 Å². The molecule has 0 aliphatic rings. The number of rotatable bonds is 2. The van der Waals surface area contributed by atoms with Crippen molar-refractivity contribution in [3.05, 3.63) is 23.4 Å². The van der Waals surface area contributed by atoms with Gasteiger partial charge in [-0.3, -0.25) is 4.99 Å². The van der Waals surface area contributed by atoms with Crippen molar-refractivity contribution in [2.24, 2.45) is 4.99 Å². The largest absolute Gasteiger partial charge is 0.266 e. The molecule has 0 N–H and O–H groups in total. The Hall–Kier alpha value is -0.850. The molecule has 0 aromatic carbocycles. The van der Waals surface area contributed by atoms with Crippen molar-refractivity contribution in [1.82, 2.24) is 0 Å². The molecule has 0 unspecified atom stereocenters. The second-order valence-corrected chi connectivity index (χ2v) is 2.38. The monoisotopic (exact) mass is 137 g/mol. The van der Waals surface area contributed by atoms with E-state index in [2.05, 4.69) is 11.6 Å². The Labute approximate surface area is 63.2 Å². The molecule has 0 radical (unpaired) electrons. The minimum Gasteiger partial charge on any atom is -0.266 e. The second-order valence-electron chi connectivity index (χ2n) is 2.38. The second kappa shape index (κ2) is 4.04. The predicted molar refractivity (Wildman–Crippen MR) is 47.4 cm³/mol. The van der Waals surface area contributed by atoms with Crippen LogP contribution in [0.15, 0.2) is 28.4 Å². The lowest BCUT2D eigenvalue weighted by molar-refractivity contribution is 1.20. The highest BCUT2D eigenvalue weighted by molar-refractivity contribution is 5.55. The molecule has 0 spiro atoms. The van der Waals surface area contributed by atoms with Crippen LogP contribution >= 0.6 is 0 Å². The molecular formula is C9H15N. The maximum absolute atomic E-state index is 4.14. The molecule has 1 nitrogen and oxygen atoms in total. The first-order chi connectivity index (χ1) is 4.59. The van der Waals surface area contributed by atoms with Crippen LogP contribution in [0.2, 0.25) is 0 Å². The van der Waals surface area contributed by atoms with Gasteiger partial charge >= 0.3 is 0 Å². The Balaban J connectivity index is 4.50. The SMILES string of the molecule is C=C(C)/C(C)=C(/C)N=CC. The zero-order valence-electron chi connectivity index (χ0n) is 7.23. The minimum absolute atomic E-state index is 1.05. The van der Waals surface area contributed by atoms with Crippen LogP contribution in [0.4, 0.5) is 0 Å². The van der Waals surface area contributed by atoms with Crippen LogP contribution in [0, 0.1) is 0 Å². The lowest BCUT2D eigenvalue weighted by atomic mass is 10.1. The smallest absolute Gasteiger partial charge is 0.0400 e. The van der Waals surface area contributed by atoms with E-state index in [1.54, 1.807) is 6.21 Å². The quantitative estimate of drug-likeness (QED) is 0.410. The number of nitrogens with zero attached hydrogens (tertiary/aromatic N) is 1. The zero-order chi connectivity index (χ0) is 8.15. The fraction of sp³-hybridized carbons (Fsp3) is 0.444. The normalized spacial score (nSPS) is 13.6. The predicted octanol–water partition coefficient (Wildman–Crippen LogP) is 2.95. The highest BCUT2D eigenvalue weighted by Crippen LogP contribution is 2.11. The van der Waals surface area contributed by atoms with Crippen LogP contribution in [-0.4, -0.2) is 6.21 Å². The summed E-state index contributed by atoms with van der Waals surface area (Å²) < 4.78 is 0. The molecule has 10 heavy (non-hydrogen) atoms. The zero-order valence-corrected chi connectivity index (χ0v) is 7.23. The van der Waals surface area contributed by atoms with Gasteiger partial charge in [0.05, 0.1) is 0 Å². The van der Waals surface area contributed by atoms with Gasteiger partial charge in [0, 0.05) is 11.9 Å². The summed E-state index contributed by atoms with van der Waals surface area (Å²) in [6.45, 7) is 11.8. The third kappa shape index (κ3) is 2.62. The fourth-order valence-corrected chi connectivity index (χ4v) is 0.599. The van der Waals surface area contributed by atoms with Gasteiger partial charge < -0.3 is 0 Å². The highest BCUT2D eigenvalue weighted by atomic mass is 14.7. The van der Waals surface area contributed by atoms with E-state index in [4.69, 9.17) is 0 Å². The molecule has 0 amide bonds. The summed E-state index contributed by atoms with van der Waals surface area (Å²) in [5.41, 5.74) is 3.32. The molecule has 0 rings (SSSR count). The molecule has 0 saturated heterocycles. The molecule has 0 bridgehead atoms. The third-order valence-electron chi connectivity index (χ3n) is 1.51. The first kappa shape index (κ1) is 9.15. The van der Waals surface area contributed by atoms with Crippen molar-refractivity contribution in [2.75, 3.05) is 0 Å². The minimum atomic E-state index is 1.05. The average Bonchev–Trinajstić information content (AvgIpc) is 1.87. The van der Waals surface area contributed by atoms with Crippen molar-refractivity contribution < 1.29 is 0 Å². The van der Waals surface area contributed by atoms with Crippen LogP contribution in [0.5, 0.6) is 0 Å². The molecular weight excluding hydrogens is 122 g/mol. The first-order valence-corrected chi connectivity index (χ1v) is 3.41. The summed E-state index contributed by atoms with van der Waals surface area (Å²) >= 11 is 0. The van der Waals surface area contributed by atoms with E-state index in [9.17, 15) is 0 Å². The van der Waals surface area contributed by atoms with Gasteiger partial charge in [-0.25, -0.2) is 0 Å². The van der Waals surface area contributed by atoms with Crippen molar-refractivity contribution >= 4 is 6.21 Å². The number of hydrogen-bond acceptors (Lipinski definition) is 1. The Kier molecular flexibility index (Phi) is 3.70. The molecule has 1 heteroatoms. The molecule has 0 heterocycles. The lowest BCUT2D eigenvalue weighted by Crippen LogP contribution is -1.81. The van der Waals surface area contributed by atoms with Crippen LogP contribution in [0.1, 0.15) is 27.7 Å². The Morgan fingerprint density at radius 1 is 1.30 bits per heavy atom. The third-order valence-corrected chi connectivity index (χ3v) is 1.51. The molecule has 0 aliphatic carbocycles.